The van der Waals surface area contributed by atoms with Crippen LogP contribution in [0.25, 0.3) is 0 Å². The maximum atomic E-state index is 12.1. The number of nitrogens with one attached hydrogen (secondary N) is 1. The Morgan fingerprint density at radius 3 is 2.57 bits per heavy atom. The maximum absolute atomic E-state index is 12.1. The van der Waals surface area contributed by atoms with Crippen molar-refractivity contribution in [1.29, 1.82) is 0 Å². The molecule has 0 amide bonds. The van der Waals surface area contributed by atoms with E-state index in [4.69, 9.17) is 0 Å². The number of aromatic nitrogens is 1. The minimum absolute atomic E-state index is 0.368. The minimum atomic E-state index is -4.34. The van der Waals surface area contributed by atoms with Crippen molar-refractivity contribution in [3.8, 4) is 0 Å². The first-order chi connectivity index (χ1) is 6.54. The lowest BCUT2D eigenvalue weighted by Gasteiger charge is -2.04. The van der Waals surface area contributed by atoms with Gasteiger partial charge < -0.3 is 5.43 Å². The van der Waals surface area contributed by atoms with Crippen LogP contribution in [0.5, 0.6) is 0 Å². The summed E-state index contributed by atoms with van der Waals surface area (Å²) in [5, 5.41) is 3.62. The first kappa shape index (κ1) is 10.5. The molecule has 3 nitrogen and oxygen atoms in total. The summed E-state index contributed by atoms with van der Waals surface area (Å²) in [6.45, 7) is 0. The average molecular weight is 203 g/mol. The summed E-state index contributed by atoms with van der Waals surface area (Å²) in [6.07, 6.45) is -2.23. The van der Waals surface area contributed by atoms with E-state index in [1.807, 2.05) is 0 Å². The van der Waals surface area contributed by atoms with Crippen LogP contribution in [0.4, 0.5) is 13.2 Å². The highest BCUT2D eigenvalue weighted by atomic mass is 19.4. The summed E-state index contributed by atoms with van der Waals surface area (Å²) < 4.78 is 36.3. The third kappa shape index (κ3) is 2.72. The van der Waals surface area contributed by atoms with Crippen LogP contribution in [0.3, 0.4) is 0 Å². The molecule has 0 saturated carbocycles. The van der Waals surface area contributed by atoms with E-state index in [0.717, 1.165) is 12.3 Å². The molecule has 0 unspecified atom stereocenters. The van der Waals surface area contributed by atoms with Gasteiger partial charge in [-0.25, -0.2) is 0 Å². The van der Waals surface area contributed by atoms with Crippen molar-refractivity contribution < 1.29 is 13.2 Å². The van der Waals surface area contributed by atoms with E-state index in [9.17, 15) is 13.2 Å². The lowest BCUT2D eigenvalue weighted by molar-refractivity contribution is -0.137. The zero-order chi connectivity index (χ0) is 10.6. The van der Waals surface area contributed by atoms with Gasteiger partial charge in [0.05, 0.1) is 17.5 Å². The van der Waals surface area contributed by atoms with Gasteiger partial charge in [-0.2, -0.15) is 18.3 Å². The van der Waals surface area contributed by atoms with E-state index >= 15 is 0 Å². The molecule has 0 saturated heterocycles. The molecular formula is C8H8F3N3. The Labute approximate surface area is 78.7 Å². The predicted molar refractivity (Wildman–Crippen MR) is 45.9 cm³/mol. The molecule has 0 aliphatic heterocycles. The Hall–Kier alpha value is -1.59. The number of halogens is 3. The largest absolute Gasteiger partial charge is 0.417 e. The number of nitrogens with zero attached hydrogens (tertiary/aromatic N) is 2. The summed E-state index contributed by atoms with van der Waals surface area (Å²) >= 11 is 0. The van der Waals surface area contributed by atoms with Crippen LogP contribution < -0.4 is 5.43 Å². The molecule has 76 valence electrons. The summed E-state index contributed by atoms with van der Waals surface area (Å²) in [7, 11) is 1.58. The molecule has 0 bridgehead atoms. The molecule has 1 rings (SSSR count). The van der Waals surface area contributed by atoms with Crippen LogP contribution in [0.15, 0.2) is 23.4 Å². The number of hydrogen-bond donors (Lipinski definition) is 1. The molecule has 0 radical (unpaired) electrons. The number of alkyl halides is 3. The third-order valence-electron chi connectivity index (χ3n) is 1.44. The molecule has 1 aromatic rings. The number of rotatable bonds is 2. The molecular weight excluding hydrogens is 195 g/mol. The van der Waals surface area contributed by atoms with Crippen LogP contribution in [0, 0.1) is 0 Å². The number of hydrogen-bond acceptors (Lipinski definition) is 3. The summed E-state index contributed by atoms with van der Waals surface area (Å²) in [4.78, 5) is 3.57. The Bertz CT molecular complexity index is 316. The van der Waals surface area contributed by atoms with Crippen molar-refractivity contribution in [2.45, 2.75) is 6.18 Å². The molecule has 0 aromatic carbocycles. The highest BCUT2D eigenvalue weighted by molar-refractivity contribution is 5.76. The van der Waals surface area contributed by atoms with E-state index in [0.29, 0.717) is 5.69 Å². The standard InChI is InChI=1S/C8H8F3N3/c1-12-14-5-7-3-2-6(4-13-7)8(9,10)11/h2-5,12H,1H3/b14-5+. The summed E-state index contributed by atoms with van der Waals surface area (Å²) in [5.74, 6) is 0. The molecule has 0 spiro atoms. The first-order valence-corrected chi connectivity index (χ1v) is 3.77. The Balaban J connectivity index is 2.84. The Kier molecular flexibility index (Phi) is 3.06. The topological polar surface area (TPSA) is 37.3 Å². The number of hydrazone groups is 1. The molecule has 0 aliphatic carbocycles. The fourth-order valence-corrected chi connectivity index (χ4v) is 0.780. The van der Waals surface area contributed by atoms with E-state index in [1.165, 1.54) is 12.3 Å². The van der Waals surface area contributed by atoms with Crippen molar-refractivity contribution in [2.24, 2.45) is 5.10 Å². The van der Waals surface area contributed by atoms with Crippen LogP contribution in [0.2, 0.25) is 0 Å². The maximum Gasteiger partial charge on any atom is 0.417 e. The van der Waals surface area contributed by atoms with Gasteiger partial charge in [-0.1, -0.05) is 0 Å². The quantitative estimate of drug-likeness (QED) is 0.586. The van der Waals surface area contributed by atoms with Crippen molar-refractivity contribution >= 4 is 6.21 Å². The normalized spacial score (nSPS) is 12.0. The van der Waals surface area contributed by atoms with Gasteiger partial charge in [0.25, 0.3) is 0 Å². The highest BCUT2D eigenvalue weighted by Gasteiger charge is 2.30. The molecule has 14 heavy (non-hydrogen) atoms. The van der Waals surface area contributed by atoms with Crippen LogP contribution >= 0.6 is 0 Å². The van der Waals surface area contributed by atoms with Gasteiger partial charge in [0.15, 0.2) is 0 Å². The summed E-state index contributed by atoms with van der Waals surface area (Å²) in [6, 6.07) is 2.22. The molecule has 1 aromatic heterocycles. The van der Waals surface area contributed by atoms with E-state index < -0.39 is 11.7 Å². The van der Waals surface area contributed by atoms with Crippen molar-refractivity contribution in [2.75, 3.05) is 7.05 Å². The van der Waals surface area contributed by atoms with Gasteiger partial charge in [0, 0.05) is 13.2 Å². The Morgan fingerprint density at radius 1 is 1.43 bits per heavy atom. The zero-order valence-corrected chi connectivity index (χ0v) is 7.34. The SMILES string of the molecule is CN/N=C/c1ccc(C(F)(F)F)cn1. The fourth-order valence-electron chi connectivity index (χ4n) is 0.780. The second-order valence-corrected chi connectivity index (χ2v) is 2.45. The van der Waals surface area contributed by atoms with Gasteiger partial charge in [-0.3, -0.25) is 4.98 Å². The lowest BCUT2D eigenvalue weighted by atomic mass is 10.2. The van der Waals surface area contributed by atoms with E-state index in [2.05, 4.69) is 15.5 Å². The monoisotopic (exact) mass is 203 g/mol. The average Bonchev–Trinajstić information content (AvgIpc) is 2.14. The smallest absolute Gasteiger partial charge is 0.313 e. The van der Waals surface area contributed by atoms with Crippen molar-refractivity contribution in [3.63, 3.8) is 0 Å². The van der Waals surface area contributed by atoms with Gasteiger partial charge in [-0.15, -0.1) is 0 Å². The van der Waals surface area contributed by atoms with Crippen LogP contribution in [0.1, 0.15) is 11.3 Å². The molecule has 0 fully saturated rings. The van der Waals surface area contributed by atoms with Gasteiger partial charge in [-0.05, 0) is 12.1 Å². The first-order valence-electron chi connectivity index (χ1n) is 3.77. The second kappa shape index (κ2) is 4.08. The predicted octanol–water partition coefficient (Wildman–Crippen LogP) is 1.65. The zero-order valence-electron chi connectivity index (χ0n) is 7.34. The fraction of sp³-hybridized carbons (Fsp3) is 0.250. The van der Waals surface area contributed by atoms with Gasteiger partial charge in [0.2, 0.25) is 0 Å². The second-order valence-electron chi connectivity index (χ2n) is 2.45. The highest BCUT2D eigenvalue weighted by Crippen LogP contribution is 2.28. The number of pyridine rings is 1. The molecule has 1 N–H and O–H groups in total. The Morgan fingerprint density at radius 2 is 2.14 bits per heavy atom. The minimum Gasteiger partial charge on any atom is -0.313 e. The molecule has 6 heteroatoms. The van der Waals surface area contributed by atoms with Crippen LogP contribution in [-0.4, -0.2) is 18.2 Å². The van der Waals surface area contributed by atoms with Crippen LogP contribution in [-0.2, 0) is 6.18 Å². The summed E-state index contributed by atoms with van der Waals surface area (Å²) in [5.41, 5.74) is 2.07. The van der Waals surface area contributed by atoms with Gasteiger partial charge >= 0.3 is 6.18 Å². The van der Waals surface area contributed by atoms with Crippen molar-refractivity contribution in [3.05, 3.63) is 29.6 Å². The molecule has 1 heterocycles. The molecule has 0 atom stereocenters. The van der Waals surface area contributed by atoms with E-state index in [1.54, 1.807) is 7.05 Å². The third-order valence-corrected chi connectivity index (χ3v) is 1.44. The molecule has 0 aliphatic rings. The lowest BCUT2D eigenvalue weighted by Crippen LogP contribution is -2.06. The van der Waals surface area contributed by atoms with Crippen molar-refractivity contribution in [1.82, 2.24) is 10.4 Å². The van der Waals surface area contributed by atoms with Gasteiger partial charge in [0.1, 0.15) is 0 Å². The van der Waals surface area contributed by atoms with E-state index in [-0.39, 0.29) is 0 Å².